The topological polar surface area (TPSA) is 51.7 Å². The number of nitrogens with zero attached hydrogens (tertiary/aromatic N) is 2. The number of hydrogen-bond acceptors (Lipinski definition) is 1. The fourth-order valence-electron chi connectivity index (χ4n) is 1.31. The molecule has 0 aliphatic carbocycles. The number of allylic oxidation sites excluding steroid dienone is 1. The van der Waals surface area contributed by atoms with Crippen LogP contribution in [0.15, 0.2) is 47.0 Å². The van der Waals surface area contributed by atoms with E-state index in [0.717, 1.165) is 0 Å². The lowest BCUT2D eigenvalue weighted by Gasteiger charge is -2.05. The van der Waals surface area contributed by atoms with Gasteiger partial charge in [0.25, 0.3) is 5.91 Å². The van der Waals surface area contributed by atoms with E-state index < -0.39 is 5.91 Å². The van der Waals surface area contributed by atoms with Crippen molar-refractivity contribution >= 4 is 17.5 Å². The quantitative estimate of drug-likeness (QED) is 0.509. The first-order valence-electron chi connectivity index (χ1n) is 4.55. The molecule has 1 aliphatic heterocycles. The maximum Gasteiger partial charge on any atom is 0.287 e. The molecule has 0 unspecified atom stereocenters. The van der Waals surface area contributed by atoms with Gasteiger partial charge in [0.1, 0.15) is 11.4 Å². The molecule has 1 amide bonds. The average Bonchev–Trinajstić information content (AvgIpc) is 2.30. The van der Waals surface area contributed by atoms with Gasteiger partial charge in [-0.1, -0.05) is 5.41 Å². The Morgan fingerprint density at radius 3 is 2.44 bits per heavy atom. The third-order valence-corrected chi connectivity index (χ3v) is 2.12. The molecule has 2 rings (SSSR count). The van der Waals surface area contributed by atoms with Gasteiger partial charge in [-0.05, 0) is 36.4 Å². The lowest BCUT2D eigenvalue weighted by molar-refractivity contribution is -0.113. The van der Waals surface area contributed by atoms with Crippen molar-refractivity contribution in [3.8, 4) is 0 Å². The van der Waals surface area contributed by atoms with Gasteiger partial charge in [0.05, 0.1) is 5.71 Å². The van der Waals surface area contributed by atoms with Gasteiger partial charge < -0.3 is 0 Å². The van der Waals surface area contributed by atoms with Gasteiger partial charge in [-0.2, -0.15) is 0 Å². The zero-order valence-corrected chi connectivity index (χ0v) is 8.14. The van der Waals surface area contributed by atoms with Crippen LogP contribution in [0.4, 0.5) is 4.39 Å². The van der Waals surface area contributed by atoms with Gasteiger partial charge in [-0.3, -0.25) is 4.79 Å². The lowest BCUT2D eigenvalue weighted by Crippen LogP contribution is -2.09. The minimum Gasteiger partial charge on any atom is -0.266 e. The van der Waals surface area contributed by atoms with Crippen LogP contribution in [0.3, 0.4) is 0 Å². The molecule has 1 aromatic rings. The molecule has 0 saturated heterocycles. The van der Waals surface area contributed by atoms with Crippen LogP contribution < -0.4 is 5.41 Å². The summed E-state index contributed by atoms with van der Waals surface area (Å²) in [6.07, 6.45) is 2.97. The van der Waals surface area contributed by atoms with Crippen LogP contribution in [-0.4, -0.2) is 17.5 Å². The number of carbonyl (C=O) groups excluding carboxylic acids is 1. The third-order valence-electron chi connectivity index (χ3n) is 2.12. The molecule has 0 aromatic heterocycles. The Labute approximate surface area is 91.1 Å². The minimum atomic E-state index is -0.565. The summed E-state index contributed by atoms with van der Waals surface area (Å²) in [5.74, 6) is 0.835. The van der Waals surface area contributed by atoms with E-state index in [2.05, 4.69) is 4.99 Å². The van der Waals surface area contributed by atoms with E-state index in [9.17, 15) is 9.18 Å². The summed E-state index contributed by atoms with van der Waals surface area (Å²) >= 11 is 0. The Kier molecular flexibility index (Phi) is 2.58. The molecule has 0 saturated carbocycles. The van der Waals surface area contributed by atoms with E-state index in [0.29, 0.717) is 11.3 Å². The second kappa shape index (κ2) is 4.04. The monoisotopic (exact) mass is 213 g/mol. The first-order valence-corrected chi connectivity index (χ1v) is 4.55. The predicted octanol–water partition coefficient (Wildman–Crippen LogP) is 1.11. The molecule has 0 fully saturated rings. The first-order chi connectivity index (χ1) is 7.70. The molecule has 0 atom stereocenters. The van der Waals surface area contributed by atoms with E-state index in [1.807, 2.05) is 0 Å². The van der Waals surface area contributed by atoms with Gasteiger partial charge in [-0.15, -0.1) is 0 Å². The molecule has 0 N–H and O–H groups in total. The minimum absolute atomic E-state index is 0.00543. The van der Waals surface area contributed by atoms with Gasteiger partial charge in [0, 0.05) is 11.4 Å². The smallest absolute Gasteiger partial charge is 0.266 e. The van der Waals surface area contributed by atoms with E-state index in [4.69, 9.17) is 5.41 Å². The number of aliphatic imine (C=N–C) groups is 1. The SMILES string of the molecule is [N]=C=C1C=CC(c2ccc(F)cc2)=NC1=O. The summed E-state index contributed by atoms with van der Waals surface area (Å²) in [7, 11) is 0. The van der Waals surface area contributed by atoms with Crippen LogP contribution >= 0.6 is 0 Å². The van der Waals surface area contributed by atoms with Crippen LogP contribution in [0.2, 0.25) is 0 Å². The Bertz CT molecular complexity index is 549. The number of rotatable bonds is 1. The number of hydrogen-bond donors (Lipinski definition) is 0. The first kappa shape index (κ1) is 10.2. The molecule has 0 bridgehead atoms. The second-order valence-corrected chi connectivity index (χ2v) is 3.17. The van der Waals surface area contributed by atoms with Gasteiger partial charge in [0.15, 0.2) is 0 Å². The number of dihydropyridines is 1. The third kappa shape index (κ3) is 1.87. The second-order valence-electron chi connectivity index (χ2n) is 3.17. The highest BCUT2D eigenvalue weighted by Gasteiger charge is 2.13. The fraction of sp³-hybridized carbons (Fsp3) is 0. The van der Waals surface area contributed by atoms with Crippen molar-refractivity contribution in [2.45, 2.75) is 0 Å². The summed E-state index contributed by atoms with van der Waals surface area (Å²) in [5.41, 5.74) is 1.08. The van der Waals surface area contributed by atoms with Crippen LogP contribution in [0.25, 0.3) is 0 Å². The molecular weight excluding hydrogens is 207 g/mol. The summed E-state index contributed by atoms with van der Waals surface area (Å²) in [6.45, 7) is 0. The lowest BCUT2D eigenvalue weighted by atomic mass is 10.1. The molecule has 0 spiro atoms. The standard InChI is InChI=1S/C12H6FN2O/c13-10-4-1-8(2-5-10)11-6-3-9(7-14)12(16)15-11/h1-6H. The van der Waals surface area contributed by atoms with Gasteiger partial charge in [-0.25, -0.2) is 9.38 Å². The molecule has 1 aromatic carbocycles. The van der Waals surface area contributed by atoms with Crippen LogP contribution in [0.1, 0.15) is 5.56 Å². The van der Waals surface area contributed by atoms with E-state index in [1.165, 1.54) is 30.3 Å². The van der Waals surface area contributed by atoms with E-state index >= 15 is 0 Å². The molecule has 77 valence electrons. The highest BCUT2D eigenvalue weighted by Crippen LogP contribution is 2.11. The number of benzene rings is 1. The van der Waals surface area contributed by atoms with Crippen molar-refractivity contribution in [3.63, 3.8) is 0 Å². The molecule has 3 nitrogen and oxygen atoms in total. The van der Waals surface area contributed by atoms with Crippen LogP contribution in [0.5, 0.6) is 0 Å². The number of carbonyl (C=O) groups is 1. The Morgan fingerprint density at radius 2 is 1.88 bits per heavy atom. The van der Waals surface area contributed by atoms with Crippen molar-refractivity contribution < 1.29 is 9.18 Å². The van der Waals surface area contributed by atoms with Gasteiger partial charge in [0.2, 0.25) is 0 Å². The maximum absolute atomic E-state index is 12.7. The zero-order chi connectivity index (χ0) is 11.5. The summed E-state index contributed by atoms with van der Waals surface area (Å²) in [5, 5.41) is 8.58. The summed E-state index contributed by atoms with van der Waals surface area (Å²) in [4.78, 5) is 15.0. The molecule has 1 aliphatic rings. The molecule has 1 radical (unpaired) electrons. The average molecular weight is 213 g/mol. The summed E-state index contributed by atoms with van der Waals surface area (Å²) < 4.78 is 12.7. The molecular formula is C12H6FN2O. The van der Waals surface area contributed by atoms with E-state index in [-0.39, 0.29) is 11.4 Å². The zero-order valence-electron chi connectivity index (χ0n) is 8.14. The Balaban J connectivity index is 2.38. The predicted molar refractivity (Wildman–Crippen MR) is 57.7 cm³/mol. The highest BCUT2D eigenvalue weighted by atomic mass is 19.1. The molecule has 16 heavy (non-hydrogen) atoms. The number of amides is 1. The molecule has 4 heteroatoms. The van der Waals surface area contributed by atoms with Crippen LogP contribution in [0, 0.1) is 5.82 Å². The fourth-order valence-corrected chi connectivity index (χ4v) is 1.31. The normalized spacial score (nSPS) is 14.7. The summed E-state index contributed by atoms with van der Waals surface area (Å²) in [6, 6.07) is 5.64. The van der Waals surface area contributed by atoms with Crippen molar-refractivity contribution in [1.82, 2.24) is 5.41 Å². The largest absolute Gasteiger partial charge is 0.287 e. The van der Waals surface area contributed by atoms with Crippen LogP contribution in [-0.2, 0) is 4.79 Å². The maximum atomic E-state index is 12.7. The Morgan fingerprint density at radius 1 is 1.19 bits per heavy atom. The highest BCUT2D eigenvalue weighted by molar-refractivity contribution is 6.21. The Hall–Kier alpha value is -2.32. The molecule has 1 heterocycles. The van der Waals surface area contributed by atoms with Gasteiger partial charge >= 0.3 is 0 Å². The van der Waals surface area contributed by atoms with Crippen molar-refractivity contribution in [2.24, 2.45) is 4.99 Å². The van der Waals surface area contributed by atoms with E-state index in [1.54, 1.807) is 11.9 Å². The number of halogens is 1. The van der Waals surface area contributed by atoms with Crippen molar-refractivity contribution in [2.75, 3.05) is 0 Å². The van der Waals surface area contributed by atoms with Crippen molar-refractivity contribution in [1.29, 1.82) is 0 Å². The van der Waals surface area contributed by atoms with Crippen molar-refractivity contribution in [3.05, 3.63) is 53.4 Å².